The lowest BCUT2D eigenvalue weighted by molar-refractivity contribution is -0.304. The summed E-state index contributed by atoms with van der Waals surface area (Å²) in [5, 5.41) is 12.3. The molecule has 0 aliphatic carbocycles. The molecule has 0 fully saturated rings. The number of aliphatic carboxylic acids is 1. The molecule has 98 valence electrons. The van der Waals surface area contributed by atoms with Crippen molar-refractivity contribution in [2.24, 2.45) is 0 Å². The molecule has 1 amide bonds. The Labute approximate surface area is 108 Å². The summed E-state index contributed by atoms with van der Waals surface area (Å²) in [6, 6.07) is 3.62. The van der Waals surface area contributed by atoms with Gasteiger partial charge in [-0.25, -0.2) is 10.2 Å². The third kappa shape index (κ3) is 4.88. The van der Waals surface area contributed by atoms with Gasteiger partial charge in [0.05, 0.1) is 17.2 Å². The maximum atomic E-state index is 11.1. The minimum Gasteiger partial charge on any atom is -0.550 e. The minimum atomic E-state index is -1.19. The van der Waals surface area contributed by atoms with Crippen molar-refractivity contribution in [1.29, 1.82) is 0 Å². The van der Waals surface area contributed by atoms with Crippen molar-refractivity contribution in [3.63, 3.8) is 0 Å². The summed E-state index contributed by atoms with van der Waals surface area (Å²) in [5.41, 5.74) is 5.42. The first-order chi connectivity index (χ1) is 8.63. The molecule has 0 aromatic carbocycles. The van der Waals surface area contributed by atoms with Crippen LogP contribution in [0.2, 0.25) is 0 Å². The lowest BCUT2D eigenvalue weighted by atomic mass is 10.3. The number of carboxylic acids is 1. The average Bonchev–Trinajstić information content (AvgIpc) is 2.82. The van der Waals surface area contributed by atoms with Crippen LogP contribution in [0.1, 0.15) is 18.2 Å². The zero-order valence-corrected chi connectivity index (χ0v) is 10.6. The summed E-state index contributed by atoms with van der Waals surface area (Å²) in [6.07, 6.45) is 0.548. The number of hydrazine groups is 1. The lowest BCUT2D eigenvalue weighted by Crippen LogP contribution is -2.36. The van der Waals surface area contributed by atoms with Gasteiger partial charge in [0, 0.05) is 12.4 Å². The summed E-state index contributed by atoms with van der Waals surface area (Å²) in [6.45, 7) is 1.94. The molecule has 6 nitrogen and oxygen atoms in total. The largest absolute Gasteiger partial charge is 0.550 e. The Balaban J connectivity index is 2.64. The number of thiophene rings is 1. The third-order valence-electron chi connectivity index (χ3n) is 1.83. The Morgan fingerprint density at radius 3 is 2.83 bits per heavy atom. The molecule has 7 heteroatoms. The van der Waals surface area contributed by atoms with Crippen LogP contribution < -0.4 is 16.0 Å². The van der Waals surface area contributed by atoms with E-state index in [0.29, 0.717) is 5.70 Å². The number of amides is 1. The van der Waals surface area contributed by atoms with Crippen LogP contribution in [0, 0.1) is 0 Å². The third-order valence-corrected chi connectivity index (χ3v) is 2.74. The Morgan fingerprint density at radius 2 is 2.28 bits per heavy atom. The summed E-state index contributed by atoms with van der Waals surface area (Å²) < 4.78 is 4.67. The van der Waals surface area contributed by atoms with E-state index in [2.05, 4.69) is 15.6 Å². The first kappa shape index (κ1) is 14.0. The summed E-state index contributed by atoms with van der Waals surface area (Å²) >= 11 is 1.41. The number of hydrogen-bond donors (Lipinski definition) is 2. The number of carbonyl (C=O) groups excluding carboxylic acids is 2. The van der Waals surface area contributed by atoms with E-state index in [-0.39, 0.29) is 13.0 Å². The van der Waals surface area contributed by atoms with Crippen molar-refractivity contribution >= 4 is 29.1 Å². The Kier molecular flexibility index (Phi) is 5.72. The molecule has 0 atom stereocenters. The molecular formula is C11H13N2O4S-. The van der Waals surface area contributed by atoms with E-state index < -0.39 is 12.1 Å². The molecule has 0 aliphatic heterocycles. The van der Waals surface area contributed by atoms with E-state index in [4.69, 9.17) is 0 Å². The molecule has 2 N–H and O–H groups in total. The van der Waals surface area contributed by atoms with Crippen LogP contribution in [-0.2, 0) is 9.53 Å². The highest BCUT2D eigenvalue weighted by Gasteiger charge is 2.05. The van der Waals surface area contributed by atoms with Crippen molar-refractivity contribution in [3.05, 3.63) is 28.5 Å². The normalized spacial score (nSPS) is 10.8. The molecule has 0 aliphatic rings. The fourth-order valence-electron chi connectivity index (χ4n) is 1.12. The quantitative estimate of drug-likeness (QED) is 0.733. The second kappa shape index (κ2) is 7.33. The van der Waals surface area contributed by atoms with Gasteiger partial charge in [0.2, 0.25) is 0 Å². The van der Waals surface area contributed by atoms with E-state index in [0.717, 1.165) is 4.88 Å². The van der Waals surface area contributed by atoms with Gasteiger partial charge in [-0.2, -0.15) is 0 Å². The first-order valence-corrected chi connectivity index (χ1v) is 6.14. The molecule has 0 radical (unpaired) electrons. The topological polar surface area (TPSA) is 90.5 Å². The number of carboxylic acid groups (broad SMARTS) is 1. The predicted octanol–water partition coefficient (Wildman–Crippen LogP) is 0.480. The Bertz CT molecular complexity index is 428. The van der Waals surface area contributed by atoms with Crippen LogP contribution in [0.5, 0.6) is 0 Å². The minimum absolute atomic E-state index is 0.245. The van der Waals surface area contributed by atoms with Crippen LogP contribution in [0.25, 0.3) is 5.70 Å². The smallest absolute Gasteiger partial charge is 0.425 e. The van der Waals surface area contributed by atoms with Crippen LogP contribution in [-0.4, -0.2) is 18.7 Å². The van der Waals surface area contributed by atoms with Gasteiger partial charge in [0.15, 0.2) is 0 Å². The number of ether oxygens (including phenoxy) is 1. The summed E-state index contributed by atoms with van der Waals surface area (Å²) in [7, 11) is 0. The zero-order chi connectivity index (χ0) is 13.4. The van der Waals surface area contributed by atoms with Crippen molar-refractivity contribution in [2.75, 3.05) is 6.61 Å². The molecule has 0 unspecified atom stereocenters. The van der Waals surface area contributed by atoms with Gasteiger partial charge in [-0.3, -0.25) is 5.43 Å². The van der Waals surface area contributed by atoms with E-state index in [9.17, 15) is 14.7 Å². The van der Waals surface area contributed by atoms with Gasteiger partial charge >= 0.3 is 6.09 Å². The molecule has 0 spiro atoms. The van der Waals surface area contributed by atoms with Crippen LogP contribution in [0.15, 0.2) is 23.6 Å². The molecule has 0 saturated heterocycles. The fraction of sp³-hybridized carbons (Fsp3) is 0.273. The van der Waals surface area contributed by atoms with E-state index in [1.165, 1.54) is 17.4 Å². The van der Waals surface area contributed by atoms with Gasteiger partial charge in [0.25, 0.3) is 0 Å². The molecule has 0 saturated carbocycles. The van der Waals surface area contributed by atoms with Crippen LogP contribution in [0.3, 0.4) is 0 Å². The Hall–Kier alpha value is -2.02. The lowest BCUT2D eigenvalue weighted by Gasteiger charge is -2.11. The zero-order valence-electron chi connectivity index (χ0n) is 9.76. The molecule has 18 heavy (non-hydrogen) atoms. The van der Waals surface area contributed by atoms with Crippen molar-refractivity contribution < 1.29 is 19.4 Å². The molecule has 0 bridgehead atoms. The second-order valence-corrected chi connectivity index (χ2v) is 4.09. The fourth-order valence-corrected chi connectivity index (χ4v) is 1.84. The highest BCUT2D eigenvalue weighted by atomic mass is 32.1. The monoisotopic (exact) mass is 269 g/mol. The highest BCUT2D eigenvalue weighted by molar-refractivity contribution is 7.11. The van der Waals surface area contributed by atoms with Crippen molar-refractivity contribution in [1.82, 2.24) is 10.9 Å². The van der Waals surface area contributed by atoms with Crippen molar-refractivity contribution in [3.8, 4) is 0 Å². The number of rotatable bonds is 6. The van der Waals surface area contributed by atoms with Crippen LogP contribution >= 0.6 is 11.3 Å². The molecular weight excluding hydrogens is 256 g/mol. The first-order valence-electron chi connectivity index (χ1n) is 5.26. The van der Waals surface area contributed by atoms with E-state index >= 15 is 0 Å². The number of nitrogens with one attached hydrogen (secondary N) is 2. The van der Waals surface area contributed by atoms with Gasteiger partial charge < -0.3 is 14.6 Å². The Morgan fingerprint density at radius 1 is 1.50 bits per heavy atom. The van der Waals surface area contributed by atoms with Gasteiger partial charge in [0.1, 0.15) is 0 Å². The molecule has 1 aromatic heterocycles. The van der Waals surface area contributed by atoms with Gasteiger partial charge in [-0.05, 0) is 18.4 Å². The average molecular weight is 269 g/mol. The molecule has 1 heterocycles. The predicted molar refractivity (Wildman–Crippen MR) is 65.2 cm³/mol. The maximum absolute atomic E-state index is 11.1. The SMILES string of the molecule is CCOC(=O)NN/C(=C/CC(=O)[O-])c1cccs1. The highest BCUT2D eigenvalue weighted by Crippen LogP contribution is 2.17. The van der Waals surface area contributed by atoms with Gasteiger partial charge in [-0.1, -0.05) is 12.1 Å². The summed E-state index contributed by atoms with van der Waals surface area (Å²) in [4.78, 5) is 22.3. The standard InChI is InChI=1S/C11H14N2O4S/c1-2-17-11(16)13-12-8(5-6-10(14)15)9-4-3-7-18-9/h3-5,7,12H,2,6H2,1H3,(H,13,16)(H,14,15)/p-1/b8-5+. The van der Waals surface area contributed by atoms with Gasteiger partial charge in [-0.15, -0.1) is 11.3 Å². The molecule has 1 aromatic rings. The summed E-state index contributed by atoms with van der Waals surface area (Å²) in [5.74, 6) is -1.19. The maximum Gasteiger partial charge on any atom is 0.425 e. The number of carbonyl (C=O) groups is 2. The van der Waals surface area contributed by atoms with E-state index in [1.54, 1.807) is 13.0 Å². The molecule has 1 rings (SSSR count). The number of hydrogen-bond acceptors (Lipinski definition) is 6. The van der Waals surface area contributed by atoms with Crippen LogP contribution in [0.4, 0.5) is 4.79 Å². The van der Waals surface area contributed by atoms with Crippen molar-refractivity contribution in [2.45, 2.75) is 13.3 Å². The second-order valence-electron chi connectivity index (χ2n) is 3.14. The van der Waals surface area contributed by atoms with E-state index in [1.807, 2.05) is 11.4 Å².